The molecule has 0 heterocycles. The van der Waals surface area contributed by atoms with Crippen LogP contribution in [0.4, 0.5) is 0 Å². The highest BCUT2D eigenvalue weighted by atomic mass is 16.2. The van der Waals surface area contributed by atoms with Crippen LogP contribution in [0.15, 0.2) is 54.6 Å². The number of carbonyl (C=O) groups excluding carboxylic acids is 1. The molecule has 106 valence electrons. The predicted molar refractivity (Wildman–Crippen MR) is 81.1 cm³/mol. The summed E-state index contributed by atoms with van der Waals surface area (Å²) in [5.74, 6) is -0.224. The predicted octanol–water partition coefficient (Wildman–Crippen LogP) is 2.44. The third-order valence-electron chi connectivity index (χ3n) is 3.34. The fourth-order valence-corrected chi connectivity index (χ4v) is 2.04. The molecule has 2 aromatic carbocycles. The minimum absolute atomic E-state index is 0.167. The van der Waals surface area contributed by atoms with Crippen molar-refractivity contribution in [1.29, 1.82) is 5.26 Å². The Balaban J connectivity index is 2.03. The number of benzene rings is 2. The standard InChI is InChI=1S/C17H17N3O/c1-12(14-9-7-13(11-18)8-10-14)20-17(21)16(19)15-5-3-2-4-6-15/h2-10,12,16H,19H2,1H3,(H,20,21). The third kappa shape index (κ3) is 3.68. The average Bonchev–Trinajstić information content (AvgIpc) is 2.55. The fourth-order valence-electron chi connectivity index (χ4n) is 2.04. The van der Waals surface area contributed by atoms with Crippen molar-refractivity contribution in [2.24, 2.45) is 5.73 Å². The van der Waals surface area contributed by atoms with Crippen LogP contribution >= 0.6 is 0 Å². The zero-order valence-corrected chi connectivity index (χ0v) is 11.8. The summed E-state index contributed by atoms with van der Waals surface area (Å²) < 4.78 is 0. The number of hydrogen-bond acceptors (Lipinski definition) is 3. The lowest BCUT2D eigenvalue weighted by atomic mass is 10.0. The molecule has 4 heteroatoms. The van der Waals surface area contributed by atoms with Gasteiger partial charge in [-0.1, -0.05) is 42.5 Å². The quantitative estimate of drug-likeness (QED) is 0.902. The average molecular weight is 279 g/mol. The van der Waals surface area contributed by atoms with E-state index in [-0.39, 0.29) is 11.9 Å². The van der Waals surface area contributed by atoms with Crippen LogP contribution in [-0.2, 0) is 4.79 Å². The minimum Gasteiger partial charge on any atom is -0.348 e. The maximum absolute atomic E-state index is 12.2. The van der Waals surface area contributed by atoms with E-state index in [2.05, 4.69) is 11.4 Å². The first-order valence-electron chi connectivity index (χ1n) is 6.73. The summed E-state index contributed by atoms with van der Waals surface area (Å²) in [5.41, 5.74) is 8.26. The second-order valence-electron chi connectivity index (χ2n) is 4.85. The summed E-state index contributed by atoms with van der Waals surface area (Å²) in [6, 6.07) is 17.6. The Kier molecular flexibility index (Phi) is 4.70. The van der Waals surface area contributed by atoms with E-state index in [1.165, 1.54) is 0 Å². The molecule has 0 aliphatic carbocycles. The Morgan fingerprint density at radius 1 is 1.10 bits per heavy atom. The molecule has 0 radical (unpaired) electrons. The molecule has 1 amide bonds. The number of nitriles is 1. The molecule has 0 aromatic heterocycles. The van der Waals surface area contributed by atoms with Crippen LogP contribution in [0.25, 0.3) is 0 Å². The van der Waals surface area contributed by atoms with Crippen LogP contribution in [0.1, 0.15) is 35.7 Å². The number of nitrogens with zero attached hydrogens (tertiary/aromatic N) is 1. The molecule has 2 rings (SSSR count). The zero-order chi connectivity index (χ0) is 15.2. The molecule has 0 aliphatic rings. The van der Waals surface area contributed by atoms with Crippen LogP contribution in [0, 0.1) is 11.3 Å². The number of carbonyl (C=O) groups is 1. The van der Waals surface area contributed by atoms with Gasteiger partial charge in [-0.2, -0.15) is 5.26 Å². The van der Waals surface area contributed by atoms with Gasteiger partial charge >= 0.3 is 0 Å². The lowest BCUT2D eigenvalue weighted by molar-refractivity contribution is -0.123. The van der Waals surface area contributed by atoms with Gasteiger partial charge in [0.2, 0.25) is 5.91 Å². The van der Waals surface area contributed by atoms with E-state index in [0.29, 0.717) is 5.56 Å². The second-order valence-corrected chi connectivity index (χ2v) is 4.85. The van der Waals surface area contributed by atoms with Crippen LogP contribution in [-0.4, -0.2) is 5.91 Å². The van der Waals surface area contributed by atoms with Gasteiger partial charge in [-0.25, -0.2) is 0 Å². The van der Waals surface area contributed by atoms with Gasteiger partial charge in [-0.15, -0.1) is 0 Å². The fraction of sp³-hybridized carbons (Fsp3) is 0.176. The molecule has 0 saturated carbocycles. The zero-order valence-electron chi connectivity index (χ0n) is 11.8. The number of rotatable bonds is 4. The monoisotopic (exact) mass is 279 g/mol. The molecule has 4 nitrogen and oxygen atoms in total. The molecular formula is C17H17N3O. The molecule has 21 heavy (non-hydrogen) atoms. The van der Waals surface area contributed by atoms with Crippen molar-refractivity contribution in [3.8, 4) is 6.07 Å². The number of nitrogens with two attached hydrogens (primary N) is 1. The minimum atomic E-state index is -0.688. The van der Waals surface area contributed by atoms with Crippen molar-refractivity contribution in [3.63, 3.8) is 0 Å². The Morgan fingerprint density at radius 3 is 2.29 bits per heavy atom. The summed E-state index contributed by atoms with van der Waals surface area (Å²) in [7, 11) is 0. The topological polar surface area (TPSA) is 78.9 Å². The third-order valence-corrected chi connectivity index (χ3v) is 3.34. The van der Waals surface area contributed by atoms with E-state index in [1.807, 2.05) is 49.4 Å². The highest BCUT2D eigenvalue weighted by Gasteiger charge is 2.18. The van der Waals surface area contributed by atoms with Crippen LogP contribution in [0.5, 0.6) is 0 Å². The maximum Gasteiger partial charge on any atom is 0.241 e. The Morgan fingerprint density at radius 2 is 1.71 bits per heavy atom. The molecule has 2 atom stereocenters. The van der Waals surface area contributed by atoms with E-state index < -0.39 is 6.04 Å². The molecule has 0 fully saturated rings. The largest absolute Gasteiger partial charge is 0.348 e. The van der Waals surface area contributed by atoms with Crippen LogP contribution < -0.4 is 11.1 Å². The van der Waals surface area contributed by atoms with Crippen molar-refractivity contribution in [2.45, 2.75) is 19.0 Å². The molecule has 0 aliphatic heterocycles. The van der Waals surface area contributed by atoms with Crippen LogP contribution in [0.3, 0.4) is 0 Å². The lowest BCUT2D eigenvalue weighted by Gasteiger charge is -2.18. The van der Waals surface area contributed by atoms with Gasteiger partial charge in [0.25, 0.3) is 0 Å². The van der Waals surface area contributed by atoms with E-state index in [4.69, 9.17) is 11.0 Å². The van der Waals surface area contributed by atoms with E-state index in [9.17, 15) is 4.79 Å². The Bertz CT molecular complexity index is 644. The first kappa shape index (κ1) is 14.8. The van der Waals surface area contributed by atoms with Gasteiger partial charge in [0.1, 0.15) is 6.04 Å². The van der Waals surface area contributed by atoms with Crippen molar-refractivity contribution in [1.82, 2.24) is 5.32 Å². The summed E-state index contributed by atoms with van der Waals surface area (Å²) in [6.07, 6.45) is 0. The smallest absolute Gasteiger partial charge is 0.241 e. The number of nitrogens with one attached hydrogen (secondary N) is 1. The van der Waals surface area contributed by atoms with E-state index >= 15 is 0 Å². The Hall–Kier alpha value is -2.64. The molecule has 2 aromatic rings. The summed E-state index contributed by atoms with van der Waals surface area (Å²) in [4.78, 5) is 12.2. The number of hydrogen-bond donors (Lipinski definition) is 2. The molecule has 2 unspecified atom stereocenters. The molecule has 0 saturated heterocycles. The first-order chi connectivity index (χ1) is 10.1. The van der Waals surface area contributed by atoms with Crippen molar-refractivity contribution in [3.05, 3.63) is 71.3 Å². The lowest BCUT2D eigenvalue weighted by Crippen LogP contribution is -2.35. The molecule has 0 bridgehead atoms. The highest BCUT2D eigenvalue weighted by Crippen LogP contribution is 2.15. The van der Waals surface area contributed by atoms with Crippen LogP contribution in [0.2, 0.25) is 0 Å². The SMILES string of the molecule is CC(NC(=O)C(N)c1ccccc1)c1ccc(C#N)cc1. The maximum atomic E-state index is 12.2. The summed E-state index contributed by atoms with van der Waals surface area (Å²) in [6.45, 7) is 1.89. The van der Waals surface area contributed by atoms with Gasteiger partial charge < -0.3 is 11.1 Å². The first-order valence-corrected chi connectivity index (χ1v) is 6.73. The summed E-state index contributed by atoms with van der Waals surface area (Å²) in [5, 5.41) is 11.7. The van der Waals surface area contributed by atoms with E-state index in [1.54, 1.807) is 12.1 Å². The number of amides is 1. The van der Waals surface area contributed by atoms with Gasteiger partial charge in [-0.05, 0) is 30.2 Å². The Labute approximate surface area is 124 Å². The van der Waals surface area contributed by atoms with Gasteiger partial charge in [0, 0.05) is 0 Å². The molecule has 3 N–H and O–H groups in total. The van der Waals surface area contributed by atoms with Crippen molar-refractivity contribution >= 4 is 5.91 Å². The second kappa shape index (κ2) is 6.69. The highest BCUT2D eigenvalue weighted by molar-refractivity contribution is 5.83. The normalized spacial score (nSPS) is 13.0. The van der Waals surface area contributed by atoms with Gasteiger partial charge in [0.15, 0.2) is 0 Å². The van der Waals surface area contributed by atoms with Gasteiger partial charge in [-0.3, -0.25) is 4.79 Å². The van der Waals surface area contributed by atoms with Gasteiger partial charge in [0.05, 0.1) is 17.7 Å². The van der Waals surface area contributed by atoms with E-state index in [0.717, 1.165) is 11.1 Å². The van der Waals surface area contributed by atoms with Crippen molar-refractivity contribution in [2.75, 3.05) is 0 Å². The summed E-state index contributed by atoms with van der Waals surface area (Å²) >= 11 is 0. The molecular weight excluding hydrogens is 262 g/mol. The van der Waals surface area contributed by atoms with Crippen molar-refractivity contribution < 1.29 is 4.79 Å². The molecule has 0 spiro atoms.